The zero-order chi connectivity index (χ0) is 23.6. The van der Waals surface area contributed by atoms with E-state index in [0.717, 1.165) is 31.6 Å². The molecule has 2 saturated heterocycles. The van der Waals surface area contributed by atoms with E-state index in [9.17, 15) is 14.7 Å². The Morgan fingerprint density at radius 3 is 2.30 bits per heavy atom. The van der Waals surface area contributed by atoms with Gasteiger partial charge < -0.3 is 20.3 Å². The first-order chi connectivity index (χ1) is 16.1. The van der Waals surface area contributed by atoms with Crippen LogP contribution in [0.15, 0.2) is 53.5 Å². The lowest BCUT2D eigenvalue weighted by atomic mass is 10.1. The number of carbonyl (C=O) groups excluding carboxylic acids is 2. The molecule has 0 aliphatic carbocycles. The quantitative estimate of drug-likeness (QED) is 0.647. The minimum Gasteiger partial charge on any atom is -0.400 e. The molecule has 2 fully saturated rings. The maximum Gasteiger partial charge on any atom is 0.256 e. The predicted octanol–water partition coefficient (Wildman–Crippen LogP) is 2.94. The average molecular weight is 454 g/mol. The molecule has 8 heteroatoms. The van der Waals surface area contributed by atoms with E-state index < -0.39 is 6.23 Å². The van der Waals surface area contributed by atoms with Crippen molar-refractivity contribution in [3.05, 3.63) is 59.7 Å². The summed E-state index contributed by atoms with van der Waals surface area (Å²) in [6.07, 6.45) is 4.51. The van der Waals surface area contributed by atoms with Crippen molar-refractivity contribution in [3.63, 3.8) is 0 Å². The van der Waals surface area contributed by atoms with Gasteiger partial charge in [-0.3, -0.25) is 14.5 Å². The molecule has 0 bridgehead atoms. The molecule has 0 spiro atoms. The first-order valence-electron chi connectivity index (χ1n) is 11.2. The summed E-state index contributed by atoms with van der Waals surface area (Å²) in [5.74, 6) is 0.273. The summed E-state index contributed by atoms with van der Waals surface area (Å²) >= 11 is 0. The number of nitrogens with one attached hydrogen (secondary N) is 1. The van der Waals surface area contributed by atoms with E-state index in [2.05, 4.69) is 10.3 Å². The van der Waals surface area contributed by atoms with Crippen LogP contribution in [0, 0.1) is 0 Å². The number of aliphatic hydroxyl groups is 2. The number of aliphatic imine (C=N–C) groups is 1. The van der Waals surface area contributed by atoms with Crippen molar-refractivity contribution in [2.75, 3.05) is 25.2 Å². The van der Waals surface area contributed by atoms with E-state index in [1.807, 2.05) is 24.3 Å². The fraction of sp³-hybridized carbons (Fsp3) is 0.400. The Hall–Kier alpha value is -3.07. The zero-order valence-electron chi connectivity index (χ0n) is 18.9. The fourth-order valence-corrected chi connectivity index (χ4v) is 3.85. The molecule has 176 valence electrons. The summed E-state index contributed by atoms with van der Waals surface area (Å²) in [6, 6.07) is 14.4. The molecular weight excluding hydrogens is 422 g/mol. The van der Waals surface area contributed by atoms with Crippen LogP contribution in [0.3, 0.4) is 0 Å². The number of hydrogen-bond acceptors (Lipinski definition) is 6. The van der Waals surface area contributed by atoms with Gasteiger partial charge in [-0.05, 0) is 55.2 Å². The van der Waals surface area contributed by atoms with E-state index >= 15 is 0 Å². The molecule has 0 radical (unpaired) electrons. The standard InChI is InChI=1S/C19H17N3O3.C5H10O.CH4O/c23-17-9-10-18(24)22(17)14-7-5-12(6-8-14)19(25)21-16-11-13-3-1-2-4-15(13)20-16;1-2-4-6-5-3-1;1-2/h1-8,17,23H,9-11H2,(H,20,21,25);1-5H2;2H,1H3. The second-order valence-electron chi connectivity index (χ2n) is 7.82. The van der Waals surface area contributed by atoms with Gasteiger partial charge in [-0.2, -0.15) is 0 Å². The molecule has 1 atom stereocenters. The molecule has 3 aliphatic rings. The van der Waals surface area contributed by atoms with E-state index in [1.165, 1.54) is 24.2 Å². The van der Waals surface area contributed by atoms with Gasteiger partial charge in [0.25, 0.3) is 5.91 Å². The van der Waals surface area contributed by atoms with Crippen LogP contribution in [-0.4, -0.2) is 54.4 Å². The van der Waals surface area contributed by atoms with Crippen LogP contribution < -0.4 is 10.2 Å². The average Bonchev–Trinajstić information content (AvgIpc) is 3.43. The number of rotatable bonds is 2. The number of fused-ring (bicyclic) bond motifs is 1. The first kappa shape index (κ1) is 24.6. The SMILES string of the molecule is C1CCOCC1.CO.O=C(NC1=Nc2ccccc2C1)c1ccc(N2C(=O)CCC2O)cc1. The van der Waals surface area contributed by atoms with Gasteiger partial charge in [-0.1, -0.05) is 18.2 Å². The van der Waals surface area contributed by atoms with Crippen LogP contribution >= 0.6 is 0 Å². The van der Waals surface area contributed by atoms with Crippen LogP contribution in [0.25, 0.3) is 0 Å². The molecule has 33 heavy (non-hydrogen) atoms. The van der Waals surface area contributed by atoms with Gasteiger partial charge in [0.1, 0.15) is 12.1 Å². The Morgan fingerprint density at radius 1 is 1.06 bits per heavy atom. The summed E-state index contributed by atoms with van der Waals surface area (Å²) in [7, 11) is 1.00. The van der Waals surface area contributed by atoms with Crippen molar-refractivity contribution in [3.8, 4) is 0 Å². The topological polar surface area (TPSA) is 111 Å². The van der Waals surface area contributed by atoms with Crippen molar-refractivity contribution in [1.29, 1.82) is 0 Å². The maximum absolute atomic E-state index is 12.4. The van der Waals surface area contributed by atoms with Gasteiger partial charge in [-0.15, -0.1) is 0 Å². The number of nitrogens with zero attached hydrogens (tertiary/aromatic N) is 2. The number of aliphatic hydroxyl groups excluding tert-OH is 2. The minimum atomic E-state index is -0.793. The van der Waals surface area contributed by atoms with Gasteiger partial charge in [0, 0.05) is 50.8 Å². The third-order valence-electron chi connectivity index (χ3n) is 5.53. The third kappa shape index (κ3) is 6.47. The number of amides is 2. The Bertz CT molecular complexity index is 959. The van der Waals surface area contributed by atoms with E-state index in [4.69, 9.17) is 9.84 Å². The molecule has 3 heterocycles. The molecule has 0 aromatic heterocycles. The normalized spacial score (nSPS) is 18.9. The number of benzene rings is 2. The summed E-state index contributed by atoms with van der Waals surface area (Å²) in [6.45, 7) is 2.00. The molecule has 3 N–H and O–H groups in total. The Labute approximate surface area is 193 Å². The van der Waals surface area contributed by atoms with Crippen molar-refractivity contribution >= 4 is 29.0 Å². The lowest BCUT2D eigenvalue weighted by molar-refractivity contribution is -0.117. The summed E-state index contributed by atoms with van der Waals surface area (Å²) in [5.41, 5.74) is 3.05. The lowest BCUT2D eigenvalue weighted by Crippen LogP contribution is -2.33. The van der Waals surface area contributed by atoms with Gasteiger partial charge in [0.15, 0.2) is 0 Å². The Morgan fingerprint density at radius 2 is 1.76 bits per heavy atom. The van der Waals surface area contributed by atoms with E-state index in [0.29, 0.717) is 36.3 Å². The molecule has 0 saturated carbocycles. The van der Waals surface area contributed by atoms with Crippen molar-refractivity contribution in [2.24, 2.45) is 4.99 Å². The second kappa shape index (κ2) is 12.2. The zero-order valence-corrected chi connectivity index (χ0v) is 18.9. The van der Waals surface area contributed by atoms with Crippen LogP contribution in [-0.2, 0) is 16.0 Å². The van der Waals surface area contributed by atoms with Crippen molar-refractivity contribution in [2.45, 2.75) is 44.8 Å². The second-order valence-corrected chi connectivity index (χ2v) is 7.82. The Kier molecular flexibility index (Phi) is 9.12. The number of amidine groups is 1. The molecular formula is C25H31N3O5. The molecule has 2 aromatic carbocycles. The lowest BCUT2D eigenvalue weighted by Gasteiger charge is -2.20. The number of hydrogen-bond donors (Lipinski definition) is 3. The fourth-order valence-electron chi connectivity index (χ4n) is 3.85. The highest BCUT2D eigenvalue weighted by atomic mass is 16.5. The van der Waals surface area contributed by atoms with Crippen molar-refractivity contribution < 1.29 is 24.5 Å². The third-order valence-corrected chi connectivity index (χ3v) is 5.53. The molecule has 1 unspecified atom stereocenters. The molecule has 5 rings (SSSR count). The molecule has 3 aliphatic heterocycles. The number of anilines is 1. The highest BCUT2D eigenvalue weighted by Crippen LogP contribution is 2.26. The highest BCUT2D eigenvalue weighted by Gasteiger charge is 2.30. The minimum absolute atomic E-state index is 0.109. The molecule has 2 amide bonds. The largest absolute Gasteiger partial charge is 0.400 e. The van der Waals surface area contributed by atoms with Crippen LogP contribution in [0.5, 0.6) is 0 Å². The number of para-hydroxylation sites is 1. The predicted molar refractivity (Wildman–Crippen MR) is 127 cm³/mol. The van der Waals surface area contributed by atoms with E-state index in [-0.39, 0.29) is 11.8 Å². The summed E-state index contributed by atoms with van der Waals surface area (Å²) < 4.78 is 5.07. The first-order valence-corrected chi connectivity index (χ1v) is 11.2. The van der Waals surface area contributed by atoms with Gasteiger partial charge >= 0.3 is 0 Å². The summed E-state index contributed by atoms with van der Waals surface area (Å²) in [5, 5.41) is 19.7. The smallest absolute Gasteiger partial charge is 0.256 e. The van der Waals surface area contributed by atoms with Gasteiger partial charge in [0.05, 0.1) is 5.69 Å². The molecule has 8 nitrogen and oxygen atoms in total. The van der Waals surface area contributed by atoms with Crippen molar-refractivity contribution in [1.82, 2.24) is 5.32 Å². The summed E-state index contributed by atoms with van der Waals surface area (Å²) in [4.78, 5) is 30.0. The van der Waals surface area contributed by atoms with E-state index in [1.54, 1.807) is 24.3 Å². The molecule has 2 aromatic rings. The van der Waals surface area contributed by atoms with Crippen LogP contribution in [0.1, 0.15) is 48.0 Å². The maximum atomic E-state index is 12.4. The monoisotopic (exact) mass is 453 g/mol. The number of carbonyl (C=O) groups is 2. The highest BCUT2D eigenvalue weighted by molar-refractivity contribution is 6.09. The van der Waals surface area contributed by atoms with Gasteiger partial charge in [-0.25, -0.2) is 4.99 Å². The van der Waals surface area contributed by atoms with Gasteiger partial charge in [0.2, 0.25) is 5.91 Å². The number of ether oxygens (including phenoxy) is 1. The Balaban J connectivity index is 0.000000329. The van der Waals surface area contributed by atoms with Crippen LogP contribution in [0.4, 0.5) is 11.4 Å². The van der Waals surface area contributed by atoms with Crippen LogP contribution in [0.2, 0.25) is 0 Å².